The van der Waals surface area contributed by atoms with Crippen molar-refractivity contribution in [1.82, 2.24) is 5.32 Å². The smallest absolute Gasteiger partial charge is 0.141 e. The van der Waals surface area contributed by atoms with Crippen molar-refractivity contribution in [1.29, 1.82) is 0 Å². The lowest BCUT2D eigenvalue weighted by Gasteiger charge is -2.25. The molecule has 1 aliphatic heterocycles. The number of nitrogens with zero attached hydrogens (tertiary/aromatic N) is 2. The van der Waals surface area contributed by atoms with Gasteiger partial charge in [0.25, 0.3) is 0 Å². The summed E-state index contributed by atoms with van der Waals surface area (Å²) in [4.78, 5) is 8.12. The third kappa shape index (κ3) is 4.32. The molecule has 0 fully saturated rings. The van der Waals surface area contributed by atoms with Crippen molar-refractivity contribution in [3.05, 3.63) is 46.2 Å². The van der Waals surface area contributed by atoms with E-state index in [1.807, 2.05) is 29.3 Å². The number of rotatable bonds is 6. The normalized spacial score (nSPS) is 15.2. The molecule has 0 unspecified atom stereocenters. The molecule has 0 radical (unpaired) electrons. The highest BCUT2D eigenvalue weighted by Crippen LogP contribution is 2.32. The Bertz CT molecular complexity index is 682. The summed E-state index contributed by atoms with van der Waals surface area (Å²) in [5.74, 6) is 2.82. The molecule has 4 nitrogen and oxygen atoms in total. The van der Waals surface area contributed by atoms with Gasteiger partial charge in [-0.1, -0.05) is 19.1 Å². The molecule has 2 aromatic rings. The van der Waals surface area contributed by atoms with Crippen LogP contribution < -0.4 is 16.0 Å². The number of nitrogens with two attached hydrogens (primary N) is 1. The van der Waals surface area contributed by atoms with E-state index < -0.39 is 0 Å². The van der Waals surface area contributed by atoms with Crippen LogP contribution in [0.5, 0.6) is 0 Å². The first kappa shape index (κ1) is 17.3. The highest BCUT2D eigenvalue weighted by Gasteiger charge is 2.16. The van der Waals surface area contributed by atoms with Gasteiger partial charge in [0.2, 0.25) is 0 Å². The molecule has 0 saturated carbocycles. The molecule has 1 aliphatic rings. The predicted octanol–water partition coefficient (Wildman–Crippen LogP) is 3.45. The Morgan fingerprint density at radius 3 is 3.08 bits per heavy atom. The second-order valence-corrected chi connectivity index (χ2v) is 7.73. The van der Waals surface area contributed by atoms with E-state index in [9.17, 15) is 0 Å². The molecule has 1 aromatic carbocycles. The van der Waals surface area contributed by atoms with Crippen molar-refractivity contribution in [2.24, 2.45) is 10.7 Å². The molecule has 0 aliphatic carbocycles. The van der Waals surface area contributed by atoms with Crippen molar-refractivity contribution in [3.8, 4) is 0 Å². The Kier molecular flexibility index (Phi) is 6.18. The summed E-state index contributed by atoms with van der Waals surface area (Å²) in [5.41, 5.74) is 9.77. The quantitative estimate of drug-likeness (QED) is 0.471. The first-order valence-electron chi connectivity index (χ1n) is 8.32. The van der Waals surface area contributed by atoms with Crippen LogP contribution in [0.3, 0.4) is 0 Å². The van der Waals surface area contributed by atoms with Crippen molar-refractivity contribution in [2.45, 2.75) is 12.7 Å². The summed E-state index contributed by atoms with van der Waals surface area (Å²) in [7, 11) is 0. The van der Waals surface area contributed by atoms with E-state index in [1.54, 1.807) is 11.3 Å². The molecule has 0 bridgehead atoms. The lowest BCUT2D eigenvalue weighted by atomic mass is 10.1. The lowest BCUT2D eigenvalue weighted by molar-refractivity contribution is 0.690. The molecule has 0 saturated heterocycles. The molecule has 128 valence electrons. The van der Waals surface area contributed by atoms with Gasteiger partial charge >= 0.3 is 0 Å². The third-order valence-corrected chi connectivity index (χ3v) is 5.88. The number of aliphatic imine (C=N–C) groups is 1. The highest BCUT2D eigenvalue weighted by atomic mass is 32.2. The Labute approximate surface area is 152 Å². The minimum absolute atomic E-state index is 0.590. The maximum Gasteiger partial charge on any atom is 0.141 e. The maximum atomic E-state index is 6.14. The van der Waals surface area contributed by atoms with Gasteiger partial charge in [-0.25, -0.2) is 4.99 Å². The zero-order valence-corrected chi connectivity index (χ0v) is 15.6. The van der Waals surface area contributed by atoms with Gasteiger partial charge in [0.05, 0.1) is 10.6 Å². The maximum absolute atomic E-state index is 6.14. The number of anilines is 1. The standard InChI is InChI=1S/C18H24N4S2/c1-2-20-7-8-22-9-11-23-13-14-5-6-15(12-16(14)22)21-18(19)17-4-3-10-24-17/h3-6,10,12,20H,2,7-9,11,13H2,1H3,(H2,19,21). The number of nitrogens with one attached hydrogen (secondary N) is 1. The Hall–Kier alpha value is -1.50. The SMILES string of the molecule is CCNCCN1CCSCc2ccc(N=C(N)c3cccs3)cc21. The molecule has 3 rings (SSSR count). The van der Waals surface area contributed by atoms with Crippen LogP contribution >= 0.6 is 23.1 Å². The van der Waals surface area contributed by atoms with E-state index in [2.05, 4.69) is 40.3 Å². The van der Waals surface area contributed by atoms with Crippen molar-refractivity contribution in [3.63, 3.8) is 0 Å². The summed E-state index contributed by atoms with van der Waals surface area (Å²) < 4.78 is 0. The number of likely N-dealkylation sites (N-methyl/N-ethyl adjacent to an activating group) is 1. The summed E-state index contributed by atoms with van der Waals surface area (Å²) >= 11 is 3.62. The first-order valence-corrected chi connectivity index (χ1v) is 10.4. The Balaban J connectivity index is 1.85. The molecule has 0 atom stereocenters. The average molecular weight is 361 g/mol. The number of fused-ring (bicyclic) bond motifs is 1. The van der Waals surface area contributed by atoms with Crippen molar-refractivity contribution in [2.75, 3.05) is 36.8 Å². The summed E-state index contributed by atoms with van der Waals surface area (Å²) in [5, 5.41) is 5.44. The van der Waals surface area contributed by atoms with E-state index >= 15 is 0 Å². The summed E-state index contributed by atoms with van der Waals surface area (Å²) in [6.45, 7) is 6.26. The van der Waals surface area contributed by atoms with Crippen molar-refractivity contribution >= 4 is 40.3 Å². The predicted molar refractivity (Wildman–Crippen MR) is 108 cm³/mol. The molecule has 3 N–H and O–H groups in total. The summed E-state index contributed by atoms with van der Waals surface area (Å²) in [6.07, 6.45) is 0. The first-order chi connectivity index (χ1) is 11.8. The van der Waals surface area contributed by atoms with Gasteiger partial charge < -0.3 is 16.0 Å². The van der Waals surface area contributed by atoms with Gasteiger partial charge in [-0.05, 0) is 35.7 Å². The molecule has 2 heterocycles. The number of benzene rings is 1. The Morgan fingerprint density at radius 2 is 2.29 bits per heavy atom. The second kappa shape index (κ2) is 8.55. The monoisotopic (exact) mass is 360 g/mol. The van der Waals surface area contributed by atoms with Crippen molar-refractivity contribution < 1.29 is 0 Å². The van der Waals surface area contributed by atoms with Gasteiger partial charge in [0, 0.05) is 36.8 Å². The van der Waals surface area contributed by atoms with Gasteiger partial charge in [-0.3, -0.25) is 0 Å². The number of hydrogen-bond donors (Lipinski definition) is 2. The average Bonchev–Trinajstić information content (AvgIpc) is 3.06. The fourth-order valence-corrected chi connectivity index (χ4v) is 4.34. The van der Waals surface area contributed by atoms with Crippen LogP contribution in [-0.2, 0) is 5.75 Å². The van der Waals surface area contributed by atoms with E-state index in [1.165, 1.54) is 11.3 Å². The number of thioether (sulfide) groups is 1. The largest absolute Gasteiger partial charge is 0.383 e. The van der Waals surface area contributed by atoms with Gasteiger partial charge in [0.1, 0.15) is 5.84 Å². The molecule has 0 spiro atoms. The molecule has 24 heavy (non-hydrogen) atoms. The number of amidine groups is 1. The fourth-order valence-electron chi connectivity index (χ4n) is 2.76. The molecule has 6 heteroatoms. The van der Waals surface area contributed by atoms with Crippen LogP contribution in [0.2, 0.25) is 0 Å². The number of hydrogen-bond acceptors (Lipinski definition) is 5. The second-order valence-electron chi connectivity index (χ2n) is 5.68. The molecule has 0 amide bonds. The van der Waals surface area contributed by atoms with Crippen LogP contribution in [-0.4, -0.2) is 37.8 Å². The number of thiophene rings is 1. The van der Waals surface area contributed by atoms with Crippen LogP contribution in [0.25, 0.3) is 0 Å². The van der Waals surface area contributed by atoms with Gasteiger partial charge in [-0.15, -0.1) is 11.3 Å². The highest BCUT2D eigenvalue weighted by molar-refractivity contribution is 7.98. The third-order valence-electron chi connectivity index (χ3n) is 4.00. The van der Waals surface area contributed by atoms with E-state index in [0.29, 0.717) is 5.84 Å². The van der Waals surface area contributed by atoms with E-state index in [-0.39, 0.29) is 0 Å². The van der Waals surface area contributed by atoms with Crippen LogP contribution in [0.15, 0.2) is 40.7 Å². The minimum atomic E-state index is 0.590. The van der Waals surface area contributed by atoms with Gasteiger partial charge in [0.15, 0.2) is 0 Å². The van der Waals surface area contributed by atoms with Gasteiger partial charge in [-0.2, -0.15) is 11.8 Å². The van der Waals surface area contributed by atoms with Crippen LogP contribution in [0.4, 0.5) is 11.4 Å². The Morgan fingerprint density at radius 1 is 1.38 bits per heavy atom. The zero-order valence-electron chi connectivity index (χ0n) is 14.0. The lowest BCUT2D eigenvalue weighted by Crippen LogP contribution is -2.33. The fraction of sp³-hybridized carbons (Fsp3) is 0.389. The molecular weight excluding hydrogens is 336 g/mol. The van der Waals surface area contributed by atoms with Crippen LogP contribution in [0.1, 0.15) is 17.4 Å². The van der Waals surface area contributed by atoms with E-state index in [0.717, 1.165) is 48.2 Å². The molecule has 1 aromatic heterocycles. The van der Waals surface area contributed by atoms with Crippen LogP contribution in [0, 0.1) is 0 Å². The molecular formula is C18H24N4S2. The minimum Gasteiger partial charge on any atom is -0.383 e. The zero-order chi connectivity index (χ0) is 16.8. The van der Waals surface area contributed by atoms with E-state index in [4.69, 9.17) is 5.73 Å². The summed E-state index contributed by atoms with van der Waals surface area (Å²) in [6, 6.07) is 10.5. The topological polar surface area (TPSA) is 53.6 Å².